The Kier molecular flexibility index (Phi) is 4.33. The Hall–Kier alpha value is -2.52. The Labute approximate surface area is 154 Å². The molecule has 3 aromatic rings. The van der Waals surface area contributed by atoms with Crippen molar-refractivity contribution >= 4 is 33.3 Å². The summed E-state index contributed by atoms with van der Waals surface area (Å²) in [6.07, 6.45) is 2.68. The Morgan fingerprint density at radius 3 is 3.08 bits per heavy atom. The van der Waals surface area contributed by atoms with E-state index in [2.05, 4.69) is 49.8 Å². The fourth-order valence-corrected chi connectivity index (χ4v) is 4.35. The lowest BCUT2D eigenvalue weighted by molar-refractivity contribution is 0.247. The number of thiophene rings is 1. The molecule has 0 aliphatic carbocycles. The minimum Gasteiger partial charge on any atom is -0.369 e. The van der Waals surface area contributed by atoms with Crippen molar-refractivity contribution in [2.75, 3.05) is 30.8 Å². The van der Waals surface area contributed by atoms with Gasteiger partial charge < -0.3 is 10.6 Å². The first-order chi connectivity index (χ1) is 12.5. The van der Waals surface area contributed by atoms with E-state index in [4.69, 9.17) is 5.73 Å². The molecule has 0 aromatic carbocycles. The SMILES string of the molecule is Cc1cc2c(N3CCC(N(C)Cc4cc(=O)[nH]c(N)n4)C3)ncnc2s1. The lowest BCUT2D eigenvalue weighted by Gasteiger charge is -2.24. The molecule has 3 aromatic heterocycles. The van der Waals surface area contributed by atoms with Crippen LogP contribution < -0.4 is 16.2 Å². The lowest BCUT2D eigenvalue weighted by atomic mass is 10.2. The normalized spacial score (nSPS) is 17.5. The molecule has 1 aliphatic heterocycles. The van der Waals surface area contributed by atoms with E-state index in [1.807, 2.05) is 0 Å². The number of nitrogens with two attached hydrogens (primary N) is 1. The number of hydrogen-bond donors (Lipinski definition) is 2. The summed E-state index contributed by atoms with van der Waals surface area (Å²) in [5.41, 5.74) is 6.10. The van der Waals surface area contributed by atoms with Crippen LogP contribution in [0.1, 0.15) is 17.0 Å². The van der Waals surface area contributed by atoms with Crippen LogP contribution in [0.15, 0.2) is 23.3 Å². The molecule has 4 heterocycles. The van der Waals surface area contributed by atoms with Crippen LogP contribution in [-0.4, -0.2) is 51.0 Å². The van der Waals surface area contributed by atoms with Crippen LogP contribution in [0.25, 0.3) is 10.2 Å². The highest BCUT2D eigenvalue weighted by molar-refractivity contribution is 7.18. The zero-order valence-corrected chi connectivity index (χ0v) is 15.6. The first-order valence-electron chi connectivity index (χ1n) is 8.51. The molecule has 0 bridgehead atoms. The molecule has 0 spiro atoms. The number of hydrogen-bond acceptors (Lipinski definition) is 8. The summed E-state index contributed by atoms with van der Waals surface area (Å²) < 4.78 is 0. The van der Waals surface area contributed by atoms with Crippen LogP contribution in [0.3, 0.4) is 0 Å². The highest BCUT2D eigenvalue weighted by Gasteiger charge is 2.28. The second-order valence-corrected chi connectivity index (χ2v) is 7.93. The van der Waals surface area contributed by atoms with Gasteiger partial charge >= 0.3 is 0 Å². The summed E-state index contributed by atoms with van der Waals surface area (Å²) >= 11 is 1.70. The maximum Gasteiger partial charge on any atom is 0.252 e. The van der Waals surface area contributed by atoms with Crippen molar-refractivity contribution in [3.05, 3.63) is 39.4 Å². The number of aryl methyl sites for hydroxylation is 1. The zero-order chi connectivity index (χ0) is 18.3. The Balaban J connectivity index is 1.50. The second kappa shape index (κ2) is 6.65. The molecule has 136 valence electrons. The predicted molar refractivity (Wildman–Crippen MR) is 104 cm³/mol. The molecular weight excluding hydrogens is 350 g/mol. The van der Waals surface area contributed by atoms with Crippen LogP contribution >= 0.6 is 11.3 Å². The van der Waals surface area contributed by atoms with Gasteiger partial charge in [-0.25, -0.2) is 15.0 Å². The summed E-state index contributed by atoms with van der Waals surface area (Å²) in [5, 5.41) is 1.13. The smallest absolute Gasteiger partial charge is 0.252 e. The van der Waals surface area contributed by atoms with E-state index in [0.29, 0.717) is 18.3 Å². The third-order valence-corrected chi connectivity index (χ3v) is 5.70. The first kappa shape index (κ1) is 16.9. The van der Waals surface area contributed by atoms with Crippen LogP contribution in [0.4, 0.5) is 11.8 Å². The number of fused-ring (bicyclic) bond motifs is 1. The van der Waals surface area contributed by atoms with E-state index in [1.54, 1.807) is 17.7 Å². The van der Waals surface area contributed by atoms with Crippen molar-refractivity contribution in [1.29, 1.82) is 0 Å². The molecule has 8 nitrogen and oxygen atoms in total. The van der Waals surface area contributed by atoms with Crippen molar-refractivity contribution in [2.45, 2.75) is 25.9 Å². The number of nitrogens with zero attached hydrogens (tertiary/aromatic N) is 5. The fraction of sp³-hybridized carbons (Fsp3) is 0.412. The van der Waals surface area contributed by atoms with Crippen LogP contribution in [0, 0.1) is 6.92 Å². The number of nitrogen functional groups attached to an aromatic ring is 1. The van der Waals surface area contributed by atoms with Gasteiger partial charge in [0, 0.05) is 36.6 Å². The molecule has 0 saturated carbocycles. The van der Waals surface area contributed by atoms with Gasteiger partial charge in [0.05, 0.1) is 11.1 Å². The van der Waals surface area contributed by atoms with E-state index in [9.17, 15) is 4.79 Å². The van der Waals surface area contributed by atoms with Crippen molar-refractivity contribution in [2.24, 2.45) is 0 Å². The largest absolute Gasteiger partial charge is 0.369 e. The van der Waals surface area contributed by atoms with Gasteiger partial charge in [-0.3, -0.25) is 14.7 Å². The molecule has 1 aliphatic rings. The van der Waals surface area contributed by atoms with Gasteiger partial charge in [0.2, 0.25) is 5.95 Å². The van der Waals surface area contributed by atoms with Gasteiger partial charge in [-0.15, -0.1) is 11.3 Å². The maximum absolute atomic E-state index is 11.6. The van der Waals surface area contributed by atoms with Crippen molar-refractivity contribution < 1.29 is 0 Å². The van der Waals surface area contributed by atoms with Gasteiger partial charge in [0.1, 0.15) is 17.0 Å². The molecule has 4 rings (SSSR count). The molecular formula is C17H21N7OS. The number of likely N-dealkylation sites (N-methyl/N-ethyl adjacent to an activating group) is 1. The summed E-state index contributed by atoms with van der Waals surface area (Å²) in [5.74, 6) is 1.17. The molecule has 1 fully saturated rings. The van der Waals surface area contributed by atoms with Gasteiger partial charge in [0.15, 0.2) is 0 Å². The van der Waals surface area contributed by atoms with Gasteiger partial charge in [-0.1, -0.05) is 0 Å². The van der Waals surface area contributed by atoms with Crippen molar-refractivity contribution in [3.8, 4) is 0 Å². The molecule has 0 amide bonds. The van der Waals surface area contributed by atoms with Gasteiger partial charge in [-0.2, -0.15) is 0 Å². The molecule has 3 N–H and O–H groups in total. The number of aromatic amines is 1. The average Bonchev–Trinajstić information content (AvgIpc) is 3.18. The van der Waals surface area contributed by atoms with Crippen LogP contribution in [0.2, 0.25) is 0 Å². The van der Waals surface area contributed by atoms with Crippen LogP contribution in [0.5, 0.6) is 0 Å². The Morgan fingerprint density at radius 2 is 2.27 bits per heavy atom. The molecule has 9 heteroatoms. The maximum atomic E-state index is 11.6. The minimum atomic E-state index is -0.217. The number of aromatic nitrogens is 4. The molecule has 1 atom stereocenters. The monoisotopic (exact) mass is 371 g/mol. The van der Waals surface area contributed by atoms with Crippen molar-refractivity contribution in [1.82, 2.24) is 24.8 Å². The highest BCUT2D eigenvalue weighted by Crippen LogP contribution is 2.32. The predicted octanol–water partition coefficient (Wildman–Crippen LogP) is 1.38. The Morgan fingerprint density at radius 1 is 1.42 bits per heavy atom. The molecule has 0 radical (unpaired) electrons. The third kappa shape index (κ3) is 3.27. The number of H-pyrrole nitrogens is 1. The lowest BCUT2D eigenvalue weighted by Crippen LogP contribution is -2.35. The molecule has 1 unspecified atom stereocenters. The van der Waals surface area contributed by atoms with E-state index in [0.717, 1.165) is 35.5 Å². The fourth-order valence-electron chi connectivity index (χ4n) is 3.50. The summed E-state index contributed by atoms with van der Waals surface area (Å²) in [6.45, 7) is 4.51. The number of anilines is 2. The van der Waals surface area contributed by atoms with E-state index in [-0.39, 0.29) is 11.5 Å². The van der Waals surface area contributed by atoms with E-state index < -0.39 is 0 Å². The third-order valence-electron chi connectivity index (χ3n) is 4.74. The molecule has 26 heavy (non-hydrogen) atoms. The average molecular weight is 371 g/mol. The molecule has 1 saturated heterocycles. The van der Waals surface area contributed by atoms with Gasteiger partial charge in [-0.05, 0) is 26.5 Å². The minimum absolute atomic E-state index is 0.158. The van der Waals surface area contributed by atoms with Gasteiger partial charge in [0.25, 0.3) is 5.56 Å². The van der Waals surface area contributed by atoms with Crippen molar-refractivity contribution in [3.63, 3.8) is 0 Å². The van der Waals surface area contributed by atoms with E-state index >= 15 is 0 Å². The standard InChI is InChI=1S/C17H21N7OS/c1-10-5-13-15(19-9-20-16(13)26-10)24-4-3-12(8-24)23(2)7-11-6-14(25)22-17(18)21-11/h5-6,9,12H,3-4,7-8H2,1-2H3,(H3,18,21,22,25). The number of rotatable bonds is 4. The second-order valence-electron chi connectivity index (χ2n) is 6.70. The zero-order valence-electron chi connectivity index (χ0n) is 14.8. The quantitative estimate of drug-likeness (QED) is 0.714. The van der Waals surface area contributed by atoms with Crippen LogP contribution in [-0.2, 0) is 6.54 Å². The highest BCUT2D eigenvalue weighted by atomic mass is 32.1. The number of nitrogens with one attached hydrogen (secondary N) is 1. The topological polar surface area (TPSA) is 104 Å². The van der Waals surface area contributed by atoms with E-state index in [1.165, 1.54) is 10.9 Å². The summed E-state index contributed by atoms with van der Waals surface area (Å²) in [4.78, 5) is 34.0. The summed E-state index contributed by atoms with van der Waals surface area (Å²) in [7, 11) is 2.05. The Bertz CT molecular complexity index is 998. The first-order valence-corrected chi connectivity index (χ1v) is 9.33. The summed E-state index contributed by atoms with van der Waals surface area (Å²) in [6, 6.07) is 4.03.